The quantitative estimate of drug-likeness (QED) is 0.782. The summed E-state index contributed by atoms with van der Waals surface area (Å²) in [5.74, 6) is 0.457. The van der Waals surface area contributed by atoms with E-state index in [1.165, 1.54) is 10.7 Å². The molecule has 1 aromatic rings. The monoisotopic (exact) mass is 334 g/mol. The van der Waals surface area contributed by atoms with Gasteiger partial charge in [-0.1, -0.05) is 13.3 Å². The van der Waals surface area contributed by atoms with Gasteiger partial charge in [0, 0.05) is 38.3 Å². The van der Waals surface area contributed by atoms with Crippen LogP contribution in [0.5, 0.6) is 0 Å². The van der Waals surface area contributed by atoms with Crippen molar-refractivity contribution < 1.29 is 9.53 Å². The first-order valence-corrected chi connectivity index (χ1v) is 8.73. The van der Waals surface area contributed by atoms with Crippen molar-refractivity contribution in [3.63, 3.8) is 0 Å². The highest BCUT2D eigenvalue weighted by molar-refractivity contribution is 5.76. The van der Waals surface area contributed by atoms with Gasteiger partial charge in [-0.05, 0) is 18.9 Å². The molecule has 0 saturated carbocycles. The van der Waals surface area contributed by atoms with Crippen LogP contribution >= 0.6 is 0 Å². The summed E-state index contributed by atoms with van der Waals surface area (Å²) >= 11 is 0. The van der Waals surface area contributed by atoms with E-state index in [-0.39, 0.29) is 18.0 Å². The van der Waals surface area contributed by atoms with Crippen LogP contribution in [-0.2, 0) is 16.1 Å². The van der Waals surface area contributed by atoms with Crippen LogP contribution in [0.1, 0.15) is 19.0 Å². The van der Waals surface area contributed by atoms with Crippen LogP contribution in [0.25, 0.3) is 0 Å². The molecule has 0 spiro atoms. The molecule has 2 saturated heterocycles. The first-order valence-electron chi connectivity index (χ1n) is 8.73. The summed E-state index contributed by atoms with van der Waals surface area (Å²) in [6, 6.07) is 3.52. The molecule has 24 heavy (non-hydrogen) atoms. The van der Waals surface area contributed by atoms with E-state index in [9.17, 15) is 9.59 Å². The standard InChI is InChI=1S/C17H26N4O3/c1-3-14-10-20(11-15(14)19-6-8-24-9-7-19)17(23)12-21-16(22)5-4-13(2)18-21/h4-5,14-15H,3,6-12H2,1-2H3. The molecule has 2 aliphatic rings. The van der Waals surface area contributed by atoms with Crippen molar-refractivity contribution in [2.75, 3.05) is 39.4 Å². The summed E-state index contributed by atoms with van der Waals surface area (Å²) in [5.41, 5.74) is 0.506. The molecule has 7 nitrogen and oxygen atoms in total. The van der Waals surface area contributed by atoms with Gasteiger partial charge >= 0.3 is 0 Å². The first-order chi connectivity index (χ1) is 11.6. The molecular weight excluding hydrogens is 308 g/mol. The lowest BCUT2D eigenvalue weighted by atomic mass is 9.99. The number of nitrogens with zero attached hydrogens (tertiary/aromatic N) is 4. The van der Waals surface area contributed by atoms with Gasteiger partial charge in [-0.15, -0.1) is 0 Å². The van der Waals surface area contributed by atoms with Gasteiger partial charge in [0.15, 0.2) is 0 Å². The largest absolute Gasteiger partial charge is 0.379 e. The van der Waals surface area contributed by atoms with Crippen LogP contribution in [0.15, 0.2) is 16.9 Å². The van der Waals surface area contributed by atoms with Crippen molar-refractivity contribution >= 4 is 5.91 Å². The number of morpholine rings is 1. The van der Waals surface area contributed by atoms with Crippen LogP contribution in [0.3, 0.4) is 0 Å². The molecule has 0 N–H and O–H groups in total. The summed E-state index contributed by atoms with van der Waals surface area (Å²) in [6.45, 7) is 8.91. The van der Waals surface area contributed by atoms with E-state index in [1.54, 1.807) is 6.07 Å². The first kappa shape index (κ1) is 17.1. The molecule has 0 bridgehead atoms. The third-order valence-electron chi connectivity index (χ3n) is 5.08. The lowest BCUT2D eigenvalue weighted by molar-refractivity contribution is -0.131. The number of rotatable bonds is 4. The fraction of sp³-hybridized carbons (Fsp3) is 0.706. The van der Waals surface area contributed by atoms with E-state index >= 15 is 0 Å². The summed E-state index contributed by atoms with van der Waals surface area (Å²) in [6.07, 6.45) is 1.05. The molecule has 7 heteroatoms. The van der Waals surface area contributed by atoms with Crippen molar-refractivity contribution in [2.45, 2.75) is 32.9 Å². The molecule has 1 aromatic heterocycles. The average Bonchev–Trinajstić information content (AvgIpc) is 3.03. The van der Waals surface area contributed by atoms with Gasteiger partial charge in [-0.25, -0.2) is 4.68 Å². The van der Waals surface area contributed by atoms with E-state index in [0.717, 1.165) is 51.5 Å². The van der Waals surface area contributed by atoms with Crippen molar-refractivity contribution in [1.29, 1.82) is 0 Å². The Hall–Kier alpha value is -1.73. The van der Waals surface area contributed by atoms with Crippen molar-refractivity contribution in [1.82, 2.24) is 19.6 Å². The Kier molecular flexibility index (Phi) is 5.30. The second-order valence-electron chi connectivity index (χ2n) is 6.65. The minimum Gasteiger partial charge on any atom is -0.379 e. The summed E-state index contributed by atoms with van der Waals surface area (Å²) < 4.78 is 6.70. The average molecular weight is 334 g/mol. The maximum atomic E-state index is 12.7. The van der Waals surface area contributed by atoms with Crippen LogP contribution in [-0.4, -0.2) is 70.9 Å². The molecular formula is C17H26N4O3. The molecule has 132 valence electrons. The summed E-state index contributed by atoms with van der Waals surface area (Å²) in [5, 5.41) is 4.16. The Bertz CT molecular complexity index is 639. The number of carbonyl (C=O) groups excluding carboxylic acids is 1. The Morgan fingerprint density at radius 1 is 1.29 bits per heavy atom. The van der Waals surface area contributed by atoms with Gasteiger partial charge in [0.05, 0.1) is 18.9 Å². The van der Waals surface area contributed by atoms with E-state index < -0.39 is 0 Å². The highest BCUT2D eigenvalue weighted by atomic mass is 16.5. The Morgan fingerprint density at radius 2 is 2.04 bits per heavy atom. The smallest absolute Gasteiger partial charge is 0.267 e. The fourth-order valence-electron chi connectivity index (χ4n) is 3.67. The lowest BCUT2D eigenvalue weighted by Crippen LogP contribution is -2.47. The summed E-state index contributed by atoms with van der Waals surface area (Å²) in [7, 11) is 0. The van der Waals surface area contributed by atoms with Gasteiger partial charge in [-0.2, -0.15) is 5.10 Å². The number of amides is 1. The SMILES string of the molecule is CCC1CN(C(=O)Cn2nc(C)ccc2=O)CC1N1CCOCC1. The molecule has 2 aliphatic heterocycles. The fourth-order valence-corrected chi connectivity index (χ4v) is 3.67. The minimum atomic E-state index is -0.232. The molecule has 0 aliphatic carbocycles. The van der Waals surface area contributed by atoms with Crippen molar-refractivity contribution in [3.8, 4) is 0 Å². The number of hydrogen-bond acceptors (Lipinski definition) is 5. The predicted molar refractivity (Wildman–Crippen MR) is 89.8 cm³/mol. The number of hydrogen-bond donors (Lipinski definition) is 0. The van der Waals surface area contributed by atoms with E-state index in [4.69, 9.17) is 4.74 Å². The molecule has 1 amide bonds. The number of carbonyl (C=O) groups is 1. The lowest BCUT2D eigenvalue weighted by Gasteiger charge is -2.34. The normalized spacial score (nSPS) is 25.2. The van der Waals surface area contributed by atoms with Crippen molar-refractivity contribution in [2.24, 2.45) is 5.92 Å². The Morgan fingerprint density at radius 3 is 2.75 bits per heavy atom. The number of aromatic nitrogens is 2. The van der Waals surface area contributed by atoms with Crippen LogP contribution in [0, 0.1) is 12.8 Å². The molecule has 2 atom stereocenters. The van der Waals surface area contributed by atoms with Crippen LogP contribution < -0.4 is 5.56 Å². The topological polar surface area (TPSA) is 67.7 Å². The molecule has 3 rings (SSSR count). The maximum Gasteiger partial charge on any atom is 0.267 e. The number of ether oxygens (including phenoxy) is 1. The van der Waals surface area contributed by atoms with Gasteiger partial charge < -0.3 is 9.64 Å². The number of aryl methyl sites for hydroxylation is 1. The van der Waals surface area contributed by atoms with E-state index in [2.05, 4.69) is 16.9 Å². The molecule has 3 heterocycles. The zero-order valence-electron chi connectivity index (χ0n) is 14.5. The zero-order chi connectivity index (χ0) is 17.1. The van der Waals surface area contributed by atoms with Crippen LogP contribution in [0.2, 0.25) is 0 Å². The molecule has 2 fully saturated rings. The highest BCUT2D eigenvalue weighted by Gasteiger charge is 2.38. The highest BCUT2D eigenvalue weighted by Crippen LogP contribution is 2.25. The minimum absolute atomic E-state index is 0.0206. The third-order valence-corrected chi connectivity index (χ3v) is 5.08. The predicted octanol–water partition coefficient (Wildman–Crippen LogP) is 0.121. The second kappa shape index (κ2) is 7.44. The van der Waals surface area contributed by atoms with Gasteiger partial charge in [0.25, 0.3) is 5.56 Å². The van der Waals surface area contributed by atoms with Crippen LogP contribution in [0.4, 0.5) is 0 Å². The van der Waals surface area contributed by atoms with Gasteiger partial charge in [-0.3, -0.25) is 14.5 Å². The summed E-state index contributed by atoms with van der Waals surface area (Å²) in [4.78, 5) is 28.9. The third kappa shape index (κ3) is 3.67. The Labute approximate surface area is 142 Å². The molecule has 0 radical (unpaired) electrons. The van der Waals surface area contributed by atoms with Crippen molar-refractivity contribution in [3.05, 3.63) is 28.2 Å². The second-order valence-corrected chi connectivity index (χ2v) is 6.65. The Balaban J connectivity index is 1.67. The molecule has 2 unspecified atom stereocenters. The zero-order valence-corrected chi connectivity index (χ0v) is 14.5. The van der Waals surface area contributed by atoms with E-state index in [1.807, 2.05) is 11.8 Å². The van der Waals surface area contributed by atoms with Gasteiger partial charge in [0.2, 0.25) is 5.91 Å². The molecule has 0 aromatic carbocycles. The van der Waals surface area contributed by atoms with E-state index in [0.29, 0.717) is 12.0 Å². The maximum absolute atomic E-state index is 12.7. The van der Waals surface area contributed by atoms with Gasteiger partial charge in [0.1, 0.15) is 6.54 Å². The number of likely N-dealkylation sites (tertiary alicyclic amines) is 1.